The van der Waals surface area contributed by atoms with Crippen molar-refractivity contribution in [1.82, 2.24) is 15.0 Å². The minimum atomic E-state index is -0.176. The number of anilines is 3. The molecule has 4 heterocycles. The summed E-state index contributed by atoms with van der Waals surface area (Å²) < 4.78 is 5.45. The highest BCUT2D eigenvalue weighted by molar-refractivity contribution is 5.95. The number of fused-ring (bicyclic) bond motifs is 1. The summed E-state index contributed by atoms with van der Waals surface area (Å²) in [5.74, 6) is 0.521. The van der Waals surface area contributed by atoms with Gasteiger partial charge in [-0.25, -0.2) is 4.98 Å². The normalized spacial score (nSPS) is 14.1. The number of rotatable bonds is 4. The Morgan fingerprint density at radius 2 is 1.97 bits per heavy atom. The zero-order valence-electron chi connectivity index (χ0n) is 16.3. The standard InChI is InChI=1S/C23H21N5O2/c29-23-21-16(6-8-25-23)13-20(17-3-2-7-24-15-17)27-22(21)26-18-4-1-5-19(14-18)28-9-11-30-12-10-28/h1-8,13-15H,9-12H2,(H,25,29)(H,26,27). The predicted octanol–water partition coefficient (Wildman–Crippen LogP) is 3.57. The maximum Gasteiger partial charge on any atom is 0.259 e. The van der Waals surface area contributed by atoms with Crippen molar-refractivity contribution in [2.45, 2.75) is 0 Å². The monoisotopic (exact) mass is 399 g/mol. The number of nitrogens with one attached hydrogen (secondary N) is 2. The quantitative estimate of drug-likeness (QED) is 0.546. The van der Waals surface area contributed by atoms with Crippen LogP contribution in [0.2, 0.25) is 0 Å². The molecule has 4 aromatic rings. The van der Waals surface area contributed by atoms with Gasteiger partial charge in [0.05, 0.1) is 24.3 Å². The first-order valence-electron chi connectivity index (χ1n) is 9.90. The van der Waals surface area contributed by atoms with E-state index in [2.05, 4.69) is 32.3 Å². The van der Waals surface area contributed by atoms with E-state index in [-0.39, 0.29) is 5.56 Å². The fourth-order valence-corrected chi connectivity index (χ4v) is 3.71. The van der Waals surface area contributed by atoms with E-state index < -0.39 is 0 Å². The van der Waals surface area contributed by atoms with Gasteiger partial charge in [0.2, 0.25) is 0 Å². The molecule has 0 radical (unpaired) electrons. The smallest absolute Gasteiger partial charge is 0.259 e. The molecule has 0 atom stereocenters. The van der Waals surface area contributed by atoms with E-state index in [9.17, 15) is 4.79 Å². The van der Waals surface area contributed by atoms with Crippen molar-refractivity contribution in [3.8, 4) is 11.3 Å². The van der Waals surface area contributed by atoms with E-state index in [1.54, 1.807) is 18.6 Å². The molecular formula is C23H21N5O2. The first-order valence-corrected chi connectivity index (χ1v) is 9.90. The maximum atomic E-state index is 12.6. The lowest BCUT2D eigenvalue weighted by Crippen LogP contribution is -2.36. The second-order valence-corrected chi connectivity index (χ2v) is 7.14. The number of aromatic nitrogens is 3. The van der Waals surface area contributed by atoms with Gasteiger partial charge in [-0.3, -0.25) is 9.78 Å². The molecule has 1 fully saturated rings. The van der Waals surface area contributed by atoms with Crippen LogP contribution in [0.25, 0.3) is 22.0 Å². The second-order valence-electron chi connectivity index (χ2n) is 7.14. The van der Waals surface area contributed by atoms with Crippen LogP contribution in [0, 0.1) is 0 Å². The Balaban J connectivity index is 1.57. The van der Waals surface area contributed by atoms with Gasteiger partial charge < -0.3 is 19.9 Å². The van der Waals surface area contributed by atoms with Crippen LogP contribution in [0.3, 0.4) is 0 Å². The third kappa shape index (κ3) is 3.62. The van der Waals surface area contributed by atoms with Gasteiger partial charge in [-0.05, 0) is 47.9 Å². The molecule has 7 heteroatoms. The zero-order chi connectivity index (χ0) is 20.3. The van der Waals surface area contributed by atoms with E-state index in [4.69, 9.17) is 9.72 Å². The number of ether oxygens (including phenoxy) is 1. The first kappa shape index (κ1) is 18.3. The third-order valence-electron chi connectivity index (χ3n) is 5.20. The van der Waals surface area contributed by atoms with Gasteiger partial charge in [-0.1, -0.05) is 6.07 Å². The Bertz CT molecular complexity index is 1230. The zero-order valence-corrected chi connectivity index (χ0v) is 16.3. The molecule has 150 valence electrons. The van der Waals surface area contributed by atoms with Crippen LogP contribution in [-0.4, -0.2) is 41.3 Å². The third-order valence-corrected chi connectivity index (χ3v) is 5.20. The van der Waals surface area contributed by atoms with Gasteiger partial charge >= 0.3 is 0 Å². The highest BCUT2D eigenvalue weighted by Gasteiger charge is 2.14. The van der Waals surface area contributed by atoms with Crippen molar-refractivity contribution in [2.75, 3.05) is 36.5 Å². The summed E-state index contributed by atoms with van der Waals surface area (Å²) in [6.07, 6.45) is 5.15. The van der Waals surface area contributed by atoms with E-state index >= 15 is 0 Å². The Labute approximate surface area is 173 Å². The van der Waals surface area contributed by atoms with Gasteiger partial charge in [0, 0.05) is 48.6 Å². The minimum absolute atomic E-state index is 0.176. The highest BCUT2D eigenvalue weighted by Crippen LogP contribution is 2.29. The number of pyridine rings is 3. The number of nitrogens with zero attached hydrogens (tertiary/aromatic N) is 3. The average molecular weight is 399 g/mol. The summed E-state index contributed by atoms with van der Waals surface area (Å²) in [5.41, 5.74) is 3.46. The van der Waals surface area contributed by atoms with Crippen LogP contribution in [0.1, 0.15) is 0 Å². The molecule has 30 heavy (non-hydrogen) atoms. The van der Waals surface area contributed by atoms with Crippen LogP contribution in [0.5, 0.6) is 0 Å². The minimum Gasteiger partial charge on any atom is -0.378 e. The predicted molar refractivity (Wildman–Crippen MR) is 118 cm³/mol. The summed E-state index contributed by atoms with van der Waals surface area (Å²) in [6.45, 7) is 3.18. The van der Waals surface area contributed by atoms with Crippen LogP contribution >= 0.6 is 0 Å². The molecule has 1 aromatic carbocycles. The molecule has 0 aliphatic carbocycles. The van der Waals surface area contributed by atoms with E-state index in [1.165, 1.54) is 0 Å². The van der Waals surface area contributed by atoms with Crippen LogP contribution in [0.15, 0.2) is 71.9 Å². The number of H-pyrrole nitrogens is 1. The first-order chi connectivity index (χ1) is 14.8. The average Bonchev–Trinajstić information content (AvgIpc) is 2.80. The van der Waals surface area contributed by atoms with Crippen molar-refractivity contribution >= 4 is 28.0 Å². The Morgan fingerprint density at radius 1 is 1.07 bits per heavy atom. The SMILES string of the molecule is O=c1[nH]ccc2cc(-c3cccnc3)nc(Nc3cccc(N4CCOCC4)c3)c12. The molecule has 1 aliphatic heterocycles. The topological polar surface area (TPSA) is 83.1 Å². The van der Waals surface area contributed by atoms with Gasteiger partial charge in [0.25, 0.3) is 5.56 Å². The van der Waals surface area contributed by atoms with E-state index in [1.807, 2.05) is 36.4 Å². The molecule has 0 amide bonds. The largest absolute Gasteiger partial charge is 0.378 e. The van der Waals surface area contributed by atoms with Crippen molar-refractivity contribution in [3.63, 3.8) is 0 Å². The van der Waals surface area contributed by atoms with Crippen molar-refractivity contribution in [1.29, 1.82) is 0 Å². The van der Waals surface area contributed by atoms with Gasteiger partial charge in [-0.15, -0.1) is 0 Å². The molecule has 5 rings (SSSR count). The van der Waals surface area contributed by atoms with Crippen LogP contribution in [-0.2, 0) is 4.74 Å². The van der Waals surface area contributed by atoms with E-state index in [0.29, 0.717) is 11.2 Å². The summed E-state index contributed by atoms with van der Waals surface area (Å²) in [4.78, 5) is 26.6. The molecule has 0 saturated carbocycles. The highest BCUT2D eigenvalue weighted by atomic mass is 16.5. The number of hydrogen-bond donors (Lipinski definition) is 2. The lowest BCUT2D eigenvalue weighted by Gasteiger charge is -2.29. The number of aromatic amines is 1. The number of benzene rings is 1. The Morgan fingerprint density at radius 3 is 2.80 bits per heavy atom. The molecule has 0 spiro atoms. The van der Waals surface area contributed by atoms with Gasteiger partial charge in [0.1, 0.15) is 5.82 Å². The fraction of sp³-hybridized carbons (Fsp3) is 0.174. The van der Waals surface area contributed by atoms with Gasteiger partial charge in [-0.2, -0.15) is 0 Å². The van der Waals surface area contributed by atoms with Gasteiger partial charge in [0.15, 0.2) is 0 Å². The summed E-state index contributed by atoms with van der Waals surface area (Å²) in [5, 5.41) is 4.72. The molecule has 1 aliphatic rings. The van der Waals surface area contributed by atoms with Crippen molar-refractivity contribution in [2.24, 2.45) is 0 Å². The van der Waals surface area contributed by atoms with Crippen LogP contribution in [0.4, 0.5) is 17.2 Å². The molecule has 0 unspecified atom stereocenters. The molecular weight excluding hydrogens is 378 g/mol. The molecule has 2 N–H and O–H groups in total. The lowest BCUT2D eigenvalue weighted by atomic mass is 10.1. The lowest BCUT2D eigenvalue weighted by molar-refractivity contribution is 0.122. The molecule has 3 aromatic heterocycles. The fourth-order valence-electron chi connectivity index (χ4n) is 3.71. The number of morpholine rings is 1. The molecule has 7 nitrogen and oxygen atoms in total. The summed E-state index contributed by atoms with van der Waals surface area (Å²) in [6, 6.07) is 15.8. The molecule has 1 saturated heterocycles. The van der Waals surface area contributed by atoms with Crippen LogP contribution < -0.4 is 15.8 Å². The maximum absolute atomic E-state index is 12.6. The summed E-state index contributed by atoms with van der Waals surface area (Å²) in [7, 11) is 0. The number of hydrogen-bond acceptors (Lipinski definition) is 6. The Kier molecular flexibility index (Phi) is 4.86. The molecule has 0 bridgehead atoms. The van der Waals surface area contributed by atoms with Crippen molar-refractivity contribution in [3.05, 3.63) is 77.5 Å². The van der Waals surface area contributed by atoms with E-state index in [0.717, 1.165) is 54.3 Å². The Hall–Kier alpha value is -3.71. The second kappa shape index (κ2) is 7.96. The van der Waals surface area contributed by atoms with Crippen molar-refractivity contribution < 1.29 is 4.74 Å². The summed E-state index contributed by atoms with van der Waals surface area (Å²) >= 11 is 0.